The number of benzene rings is 1. The largest absolute Gasteiger partial charge is 0.375 e. The smallest absolute Gasteiger partial charge is 0.211 e. The molecule has 1 atom stereocenters. The van der Waals surface area contributed by atoms with Crippen molar-refractivity contribution in [3.8, 4) is 11.1 Å². The highest BCUT2D eigenvalue weighted by Crippen LogP contribution is 2.34. The molecule has 3 aromatic rings. The van der Waals surface area contributed by atoms with E-state index >= 15 is 0 Å². The Morgan fingerprint density at radius 2 is 2.19 bits per heavy atom. The van der Waals surface area contributed by atoms with Crippen molar-refractivity contribution in [2.24, 2.45) is 0 Å². The van der Waals surface area contributed by atoms with Gasteiger partial charge < -0.3 is 4.74 Å². The zero-order chi connectivity index (χ0) is 18.3. The van der Waals surface area contributed by atoms with Crippen molar-refractivity contribution in [1.82, 2.24) is 19.9 Å². The Kier molecular flexibility index (Phi) is 4.26. The summed E-state index contributed by atoms with van der Waals surface area (Å²) in [6.07, 6.45) is 3.52. The first kappa shape index (κ1) is 17.1. The molecular formula is C18H20N4O3S. The molecule has 0 saturated carbocycles. The monoisotopic (exact) mass is 372 g/mol. The van der Waals surface area contributed by atoms with E-state index in [-0.39, 0.29) is 5.75 Å². The minimum absolute atomic E-state index is 0.0296. The lowest BCUT2D eigenvalue weighted by atomic mass is 9.93. The van der Waals surface area contributed by atoms with E-state index in [1.165, 1.54) is 0 Å². The molecule has 136 valence electrons. The summed E-state index contributed by atoms with van der Waals surface area (Å²) in [5.41, 5.74) is 5.68. The number of hydrogen-bond donors (Lipinski definition) is 2. The zero-order valence-electron chi connectivity index (χ0n) is 14.6. The fraction of sp³-hybridized carbons (Fsp3) is 0.333. The predicted octanol–water partition coefficient (Wildman–Crippen LogP) is 2.44. The minimum Gasteiger partial charge on any atom is -0.375 e. The second-order valence-electron chi connectivity index (χ2n) is 6.41. The molecule has 2 N–H and O–H groups in total. The van der Waals surface area contributed by atoms with Gasteiger partial charge in [0.15, 0.2) is 0 Å². The quantitative estimate of drug-likeness (QED) is 0.733. The Labute approximate surface area is 151 Å². The topological polar surface area (TPSA) is 97.0 Å². The molecule has 1 unspecified atom stereocenters. The predicted molar refractivity (Wildman–Crippen MR) is 99.1 cm³/mol. The molecule has 1 aromatic carbocycles. The fourth-order valence-corrected chi connectivity index (χ4v) is 4.10. The van der Waals surface area contributed by atoms with E-state index in [0.717, 1.165) is 38.9 Å². The van der Waals surface area contributed by atoms with Crippen molar-refractivity contribution < 1.29 is 13.2 Å². The SMILES string of the molecule is CCS(=O)(=O)NC1COCc2c(-c3ccc4c(C)n[nH]c4c3)cncc21. The van der Waals surface area contributed by atoms with Crippen LogP contribution in [0.1, 0.15) is 29.8 Å². The normalized spacial score (nSPS) is 17.4. The average Bonchev–Trinajstić information content (AvgIpc) is 3.02. The van der Waals surface area contributed by atoms with Crippen LogP contribution in [0.3, 0.4) is 0 Å². The first-order chi connectivity index (χ1) is 12.5. The summed E-state index contributed by atoms with van der Waals surface area (Å²) in [7, 11) is -3.34. The highest BCUT2D eigenvalue weighted by atomic mass is 32.2. The third-order valence-corrected chi connectivity index (χ3v) is 6.17. The van der Waals surface area contributed by atoms with Gasteiger partial charge in [0, 0.05) is 23.3 Å². The van der Waals surface area contributed by atoms with E-state index in [4.69, 9.17) is 4.74 Å². The van der Waals surface area contributed by atoms with Gasteiger partial charge in [0.05, 0.1) is 36.2 Å². The maximum Gasteiger partial charge on any atom is 0.211 e. The lowest BCUT2D eigenvalue weighted by Gasteiger charge is -2.27. The maximum atomic E-state index is 12.0. The average molecular weight is 372 g/mol. The Morgan fingerprint density at radius 3 is 3.00 bits per heavy atom. The molecule has 0 saturated heterocycles. The Morgan fingerprint density at radius 1 is 1.35 bits per heavy atom. The lowest BCUT2D eigenvalue weighted by molar-refractivity contribution is 0.0884. The van der Waals surface area contributed by atoms with Crippen LogP contribution in [0.4, 0.5) is 0 Å². The summed E-state index contributed by atoms with van der Waals surface area (Å²) in [5, 5.41) is 8.35. The van der Waals surface area contributed by atoms with Gasteiger partial charge >= 0.3 is 0 Å². The molecule has 0 spiro atoms. The van der Waals surface area contributed by atoms with Crippen LogP contribution in [0.25, 0.3) is 22.0 Å². The van der Waals surface area contributed by atoms with E-state index in [2.05, 4.69) is 19.9 Å². The third kappa shape index (κ3) is 3.00. The van der Waals surface area contributed by atoms with Gasteiger partial charge in [-0.05, 0) is 36.6 Å². The van der Waals surface area contributed by atoms with Crippen LogP contribution in [0, 0.1) is 6.92 Å². The number of rotatable bonds is 4. The molecule has 26 heavy (non-hydrogen) atoms. The molecule has 8 heteroatoms. The van der Waals surface area contributed by atoms with Crippen molar-refractivity contribution in [3.63, 3.8) is 0 Å². The van der Waals surface area contributed by atoms with Gasteiger partial charge in [-0.3, -0.25) is 10.1 Å². The molecule has 2 aromatic heterocycles. The van der Waals surface area contributed by atoms with Crippen LogP contribution in [-0.4, -0.2) is 36.0 Å². The van der Waals surface area contributed by atoms with Crippen molar-refractivity contribution in [3.05, 3.63) is 47.4 Å². The summed E-state index contributed by atoms with van der Waals surface area (Å²) >= 11 is 0. The second kappa shape index (κ2) is 6.46. The van der Waals surface area contributed by atoms with Gasteiger partial charge in [0.25, 0.3) is 0 Å². The van der Waals surface area contributed by atoms with Crippen LogP contribution in [0.15, 0.2) is 30.6 Å². The van der Waals surface area contributed by atoms with Crippen LogP contribution in [0.2, 0.25) is 0 Å². The van der Waals surface area contributed by atoms with Crippen LogP contribution < -0.4 is 4.72 Å². The number of pyridine rings is 1. The van der Waals surface area contributed by atoms with Gasteiger partial charge in [-0.25, -0.2) is 13.1 Å². The number of fused-ring (bicyclic) bond motifs is 2. The van der Waals surface area contributed by atoms with E-state index in [9.17, 15) is 8.42 Å². The first-order valence-corrected chi connectivity index (χ1v) is 10.1. The molecule has 0 bridgehead atoms. The number of aryl methyl sites for hydroxylation is 1. The summed E-state index contributed by atoms with van der Waals surface area (Å²) in [6, 6.07) is 5.67. The standard InChI is InChI=1S/C18H20N4O3S/c1-3-26(23,24)22-18-10-25-9-16-14(7-19-8-15(16)18)12-4-5-13-11(2)20-21-17(13)6-12/h4-8,18,22H,3,9-10H2,1-2H3,(H,20,21). The van der Waals surface area contributed by atoms with Gasteiger partial charge in [0.1, 0.15) is 0 Å². The number of aromatic amines is 1. The van der Waals surface area contributed by atoms with Crippen LogP contribution >= 0.6 is 0 Å². The third-order valence-electron chi connectivity index (χ3n) is 4.76. The molecule has 1 aliphatic rings. The molecule has 0 fully saturated rings. The molecule has 1 aliphatic heterocycles. The number of nitrogens with one attached hydrogen (secondary N) is 2. The van der Waals surface area contributed by atoms with Crippen LogP contribution in [0.5, 0.6) is 0 Å². The molecule has 7 nitrogen and oxygen atoms in total. The van der Waals surface area contributed by atoms with Crippen molar-refractivity contribution in [1.29, 1.82) is 0 Å². The van der Waals surface area contributed by atoms with Gasteiger partial charge in [-0.1, -0.05) is 12.1 Å². The Balaban J connectivity index is 1.78. The molecule has 0 radical (unpaired) electrons. The van der Waals surface area contributed by atoms with Crippen LogP contribution in [-0.2, 0) is 21.4 Å². The molecular weight excluding hydrogens is 352 g/mol. The van der Waals surface area contributed by atoms with Gasteiger partial charge in [0.2, 0.25) is 10.0 Å². The van der Waals surface area contributed by atoms with E-state index in [0.29, 0.717) is 13.2 Å². The number of hydrogen-bond acceptors (Lipinski definition) is 5. The van der Waals surface area contributed by atoms with E-state index in [1.807, 2.05) is 25.1 Å². The zero-order valence-corrected chi connectivity index (χ0v) is 15.4. The Bertz CT molecular complexity index is 1080. The number of H-pyrrole nitrogens is 1. The Hall–Kier alpha value is -2.29. The fourth-order valence-electron chi connectivity index (χ4n) is 3.30. The molecule has 0 aliphatic carbocycles. The number of sulfonamides is 1. The maximum absolute atomic E-state index is 12.0. The van der Waals surface area contributed by atoms with Gasteiger partial charge in [-0.2, -0.15) is 5.10 Å². The van der Waals surface area contributed by atoms with Crippen molar-refractivity contribution in [2.45, 2.75) is 26.5 Å². The summed E-state index contributed by atoms with van der Waals surface area (Å²) in [4.78, 5) is 4.35. The number of ether oxygens (including phenoxy) is 1. The summed E-state index contributed by atoms with van der Waals surface area (Å²) in [5.74, 6) is 0.0296. The highest BCUT2D eigenvalue weighted by molar-refractivity contribution is 7.89. The number of nitrogens with zero attached hydrogens (tertiary/aromatic N) is 2. The second-order valence-corrected chi connectivity index (χ2v) is 8.46. The highest BCUT2D eigenvalue weighted by Gasteiger charge is 2.27. The van der Waals surface area contributed by atoms with Gasteiger partial charge in [-0.15, -0.1) is 0 Å². The molecule has 0 amide bonds. The number of aromatic nitrogens is 3. The van der Waals surface area contributed by atoms with E-state index < -0.39 is 16.1 Å². The van der Waals surface area contributed by atoms with Crippen molar-refractivity contribution in [2.75, 3.05) is 12.4 Å². The molecule has 3 heterocycles. The molecule has 4 rings (SSSR count). The minimum atomic E-state index is -3.34. The summed E-state index contributed by atoms with van der Waals surface area (Å²) < 4.78 is 32.3. The first-order valence-electron chi connectivity index (χ1n) is 8.48. The summed E-state index contributed by atoms with van der Waals surface area (Å²) in [6.45, 7) is 4.31. The van der Waals surface area contributed by atoms with E-state index in [1.54, 1.807) is 19.3 Å². The van der Waals surface area contributed by atoms with Crippen molar-refractivity contribution >= 4 is 20.9 Å². The lowest BCUT2D eigenvalue weighted by Crippen LogP contribution is -2.35.